The van der Waals surface area contributed by atoms with Gasteiger partial charge in [0.15, 0.2) is 11.5 Å². The second-order valence-electron chi connectivity index (χ2n) is 7.91. The van der Waals surface area contributed by atoms with Gasteiger partial charge in [-0.2, -0.15) is 0 Å². The van der Waals surface area contributed by atoms with E-state index < -0.39 is 0 Å². The van der Waals surface area contributed by atoms with Crippen LogP contribution in [0, 0.1) is 12.8 Å². The summed E-state index contributed by atoms with van der Waals surface area (Å²) < 4.78 is 16.3. The van der Waals surface area contributed by atoms with Crippen molar-refractivity contribution in [2.45, 2.75) is 45.6 Å². The zero-order chi connectivity index (χ0) is 20.0. The number of fused-ring (bicyclic) bond motifs is 2. The van der Waals surface area contributed by atoms with Crippen molar-refractivity contribution in [2.24, 2.45) is 5.92 Å². The molecule has 1 aromatic carbocycles. The van der Waals surface area contributed by atoms with Crippen molar-refractivity contribution in [3.8, 4) is 22.8 Å². The minimum absolute atomic E-state index is 0.107. The van der Waals surface area contributed by atoms with Gasteiger partial charge >= 0.3 is 0 Å². The van der Waals surface area contributed by atoms with Crippen LogP contribution in [0.2, 0.25) is 0 Å². The number of rotatable bonds is 3. The van der Waals surface area contributed by atoms with E-state index in [-0.39, 0.29) is 18.7 Å². The van der Waals surface area contributed by atoms with E-state index in [4.69, 9.17) is 14.0 Å². The highest BCUT2D eigenvalue weighted by atomic mass is 16.7. The minimum Gasteiger partial charge on any atom is -0.454 e. The molecule has 1 fully saturated rings. The zero-order valence-electron chi connectivity index (χ0n) is 16.5. The molecule has 0 bridgehead atoms. The first-order chi connectivity index (χ1) is 14.1. The summed E-state index contributed by atoms with van der Waals surface area (Å²) in [5, 5.41) is 7.93. The van der Waals surface area contributed by atoms with E-state index >= 15 is 0 Å². The summed E-state index contributed by atoms with van der Waals surface area (Å²) in [7, 11) is 0. The van der Waals surface area contributed by atoms with Gasteiger partial charge in [0.1, 0.15) is 0 Å². The van der Waals surface area contributed by atoms with Gasteiger partial charge in [-0.25, -0.2) is 4.98 Å². The third kappa shape index (κ3) is 3.20. The van der Waals surface area contributed by atoms with Gasteiger partial charge in [-0.15, -0.1) is 0 Å². The monoisotopic (exact) mass is 393 g/mol. The van der Waals surface area contributed by atoms with Crippen LogP contribution in [-0.4, -0.2) is 28.9 Å². The van der Waals surface area contributed by atoms with Crippen molar-refractivity contribution >= 4 is 17.0 Å². The number of aromatic nitrogens is 2. The van der Waals surface area contributed by atoms with Crippen molar-refractivity contribution in [1.29, 1.82) is 0 Å². The lowest BCUT2D eigenvalue weighted by Crippen LogP contribution is -2.41. The molecular formula is C22H23N3O4. The van der Waals surface area contributed by atoms with Gasteiger partial charge in [0.25, 0.3) is 11.6 Å². The number of hydrogen-bond donors (Lipinski definition) is 1. The Morgan fingerprint density at radius 2 is 1.97 bits per heavy atom. The van der Waals surface area contributed by atoms with E-state index in [1.807, 2.05) is 31.2 Å². The molecule has 0 radical (unpaired) electrons. The first-order valence-corrected chi connectivity index (χ1v) is 10.1. The normalized spacial score (nSPS) is 20.8. The molecule has 7 nitrogen and oxygen atoms in total. The van der Waals surface area contributed by atoms with E-state index in [1.165, 1.54) is 6.42 Å². The number of hydrogen-bond acceptors (Lipinski definition) is 6. The van der Waals surface area contributed by atoms with E-state index in [0.29, 0.717) is 45.5 Å². The van der Waals surface area contributed by atoms with Gasteiger partial charge in [0.05, 0.1) is 22.3 Å². The lowest BCUT2D eigenvalue weighted by atomic mass is 9.86. The fraction of sp³-hybridized carbons (Fsp3) is 0.409. The summed E-state index contributed by atoms with van der Waals surface area (Å²) in [6, 6.07) is 7.61. The molecule has 5 rings (SSSR count). The Labute approximate surface area is 168 Å². The maximum absolute atomic E-state index is 13.2. The predicted molar refractivity (Wildman–Crippen MR) is 107 cm³/mol. The van der Waals surface area contributed by atoms with Gasteiger partial charge in [-0.05, 0) is 49.9 Å². The second kappa shape index (κ2) is 7.06. The van der Waals surface area contributed by atoms with Gasteiger partial charge in [-0.3, -0.25) is 4.79 Å². The Bertz CT molecular complexity index is 1090. The number of aryl methyl sites for hydroxylation is 1. The third-order valence-corrected chi connectivity index (χ3v) is 5.96. The summed E-state index contributed by atoms with van der Waals surface area (Å²) >= 11 is 0. The Hall–Kier alpha value is -3.09. The van der Waals surface area contributed by atoms with E-state index in [9.17, 15) is 4.79 Å². The summed E-state index contributed by atoms with van der Waals surface area (Å²) in [5.74, 6) is 1.74. The number of amides is 1. The molecule has 1 aliphatic heterocycles. The Balaban J connectivity index is 1.55. The molecule has 2 aliphatic rings. The van der Waals surface area contributed by atoms with E-state index in [1.54, 1.807) is 0 Å². The molecule has 7 heteroatoms. The molecular weight excluding hydrogens is 370 g/mol. The molecule has 0 saturated heterocycles. The summed E-state index contributed by atoms with van der Waals surface area (Å²) in [4.78, 5) is 17.8. The molecule has 3 heterocycles. The highest BCUT2D eigenvalue weighted by molar-refractivity contribution is 6.07. The van der Waals surface area contributed by atoms with E-state index in [0.717, 1.165) is 24.8 Å². The number of carbonyl (C=O) groups is 1. The molecule has 2 aromatic heterocycles. The molecule has 0 unspecified atom stereocenters. The predicted octanol–water partition coefficient (Wildman–Crippen LogP) is 4.24. The van der Waals surface area contributed by atoms with Crippen molar-refractivity contribution in [3.63, 3.8) is 0 Å². The first kappa shape index (κ1) is 18.0. The number of nitrogens with one attached hydrogen (secondary N) is 1. The highest BCUT2D eigenvalue weighted by Crippen LogP contribution is 2.36. The van der Waals surface area contributed by atoms with E-state index in [2.05, 4.69) is 22.4 Å². The Morgan fingerprint density at radius 3 is 2.83 bits per heavy atom. The molecule has 2 atom stereocenters. The standard InChI is InChI=1S/C22H23N3O4/c1-12-5-3-4-6-16(12)23-21(26)15-10-17(24-22-20(15)13(2)25-29-22)14-7-8-18-19(9-14)28-11-27-18/h7-10,12,16H,3-6,11H2,1-2H3,(H,23,26)/t12-,16+/m1/s1. The highest BCUT2D eigenvalue weighted by Gasteiger charge is 2.26. The molecule has 1 saturated carbocycles. The maximum Gasteiger partial charge on any atom is 0.259 e. The van der Waals surface area contributed by atoms with Crippen molar-refractivity contribution < 1.29 is 18.8 Å². The topological polar surface area (TPSA) is 86.5 Å². The number of nitrogens with zero attached hydrogens (tertiary/aromatic N) is 2. The van der Waals surface area contributed by atoms with Crippen LogP contribution in [0.3, 0.4) is 0 Å². The fourth-order valence-electron chi connectivity index (χ4n) is 4.25. The molecule has 0 spiro atoms. The van der Waals surface area contributed by atoms with Crippen LogP contribution < -0.4 is 14.8 Å². The van der Waals surface area contributed by atoms with Gasteiger partial charge in [-0.1, -0.05) is 24.9 Å². The van der Waals surface area contributed by atoms with Crippen molar-refractivity contribution in [3.05, 3.63) is 35.5 Å². The molecule has 1 N–H and O–H groups in total. The average Bonchev–Trinajstić information content (AvgIpc) is 3.35. The third-order valence-electron chi connectivity index (χ3n) is 5.96. The van der Waals surface area contributed by atoms with Gasteiger partial charge in [0, 0.05) is 11.6 Å². The van der Waals surface area contributed by atoms with Gasteiger partial charge < -0.3 is 19.3 Å². The number of carbonyl (C=O) groups excluding carboxylic acids is 1. The van der Waals surface area contributed by atoms with Crippen LogP contribution in [0.25, 0.3) is 22.4 Å². The molecule has 1 amide bonds. The first-order valence-electron chi connectivity index (χ1n) is 10.1. The smallest absolute Gasteiger partial charge is 0.259 e. The summed E-state index contributed by atoms with van der Waals surface area (Å²) in [6.07, 6.45) is 4.53. The Kier molecular flexibility index (Phi) is 4.38. The van der Waals surface area contributed by atoms with Crippen molar-refractivity contribution in [1.82, 2.24) is 15.5 Å². The summed E-state index contributed by atoms with van der Waals surface area (Å²) in [6.45, 7) is 4.24. The van der Waals surface area contributed by atoms with Crippen LogP contribution in [0.4, 0.5) is 0 Å². The largest absolute Gasteiger partial charge is 0.454 e. The van der Waals surface area contributed by atoms with Crippen LogP contribution in [0.5, 0.6) is 11.5 Å². The number of ether oxygens (including phenoxy) is 2. The zero-order valence-corrected chi connectivity index (χ0v) is 16.5. The average molecular weight is 393 g/mol. The second-order valence-corrected chi connectivity index (χ2v) is 7.91. The lowest BCUT2D eigenvalue weighted by molar-refractivity contribution is 0.0912. The Morgan fingerprint density at radius 1 is 1.14 bits per heavy atom. The maximum atomic E-state index is 13.2. The number of benzene rings is 1. The molecule has 150 valence electrons. The van der Waals surface area contributed by atoms with Crippen molar-refractivity contribution in [2.75, 3.05) is 6.79 Å². The van der Waals surface area contributed by atoms with Gasteiger partial charge in [0.2, 0.25) is 6.79 Å². The molecule has 3 aromatic rings. The van der Waals surface area contributed by atoms with Crippen LogP contribution in [0.15, 0.2) is 28.8 Å². The fourth-order valence-corrected chi connectivity index (χ4v) is 4.25. The molecule has 29 heavy (non-hydrogen) atoms. The van der Waals surface area contributed by atoms with Crippen LogP contribution in [0.1, 0.15) is 48.7 Å². The quantitative estimate of drug-likeness (QED) is 0.716. The molecule has 1 aliphatic carbocycles. The van der Waals surface area contributed by atoms with Crippen LogP contribution >= 0.6 is 0 Å². The SMILES string of the molecule is Cc1noc2nc(-c3ccc4c(c3)OCO4)cc(C(=O)N[C@H]3CCCC[C@H]3C)c12. The lowest BCUT2D eigenvalue weighted by Gasteiger charge is -2.29. The summed E-state index contributed by atoms with van der Waals surface area (Å²) in [5.41, 5.74) is 3.02. The van der Waals surface area contributed by atoms with Crippen LogP contribution in [-0.2, 0) is 0 Å². The number of pyridine rings is 1. The minimum atomic E-state index is -0.107.